The molecule has 0 spiro atoms. The summed E-state index contributed by atoms with van der Waals surface area (Å²) < 4.78 is 0. The highest BCUT2D eigenvalue weighted by Gasteiger charge is 2.04. The standard InChI is InChI=1S/C13H19N3O2/c1-14-9-3-4-12(17)16-11-7-5-10(6-8-11)13(18)15-2/h5-8,14H,3-4,9H2,1-2H3,(H,15,18)(H,16,17). The molecule has 0 radical (unpaired) electrons. The van der Waals surface area contributed by atoms with Gasteiger partial charge >= 0.3 is 0 Å². The molecular formula is C13H19N3O2. The van der Waals surface area contributed by atoms with Gasteiger partial charge in [-0.15, -0.1) is 0 Å². The fraction of sp³-hybridized carbons (Fsp3) is 0.385. The molecule has 0 saturated heterocycles. The Hall–Kier alpha value is -1.88. The van der Waals surface area contributed by atoms with Crippen LogP contribution in [0.3, 0.4) is 0 Å². The number of hydrogen-bond donors (Lipinski definition) is 3. The summed E-state index contributed by atoms with van der Waals surface area (Å²) in [7, 11) is 3.44. The third-order valence-electron chi connectivity index (χ3n) is 2.49. The maximum atomic E-state index is 11.5. The molecule has 0 heterocycles. The van der Waals surface area contributed by atoms with Crippen molar-refractivity contribution in [3.8, 4) is 0 Å². The number of carbonyl (C=O) groups is 2. The van der Waals surface area contributed by atoms with Gasteiger partial charge in [0, 0.05) is 24.7 Å². The zero-order valence-electron chi connectivity index (χ0n) is 10.7. The maximum Gasteiger partial charge on any atom is 0.251 e. The van der Waals surface area contributed by atoms with Gasteiger partial charge in [0.25, 0.3) is 5.91 Å². The van der Waals surface area contributed by atoms with Gasteiger partial charge in [0.15, 0.2) is 0 Å². The van der Waals surface area contributed by atoms with Crippen molar-refractivity contribution in [2.75, 3.05) is 26.0 Å². The van der Waals surface area contributed by atoms with Crippen LogP contribution in [0, 0.1) is 0 Å². The summed E-state index contributed by atoms with van der Waals surface area (Å²) in [6, 6.07) is 6.81. The predicted molar refractivity (Wildman–Crippen MR) is 71.6 cm³/mol. The Balaban J connectivity index is 2.48. The van der Waals surface area contributed by atoms with Crippen LogP contribution in [-0.2, 0) is 4.79 Å². The summed E-state index contributed by atoms with van der Waals surface area (Å²) in [6.45, 7) is 0.822. The molecule has 0 bridgehead atoms. The molecule has 0 aliphatic carbocycles. The lowest BCUT2D eigenvalue weighted by Crippen LogP contribution is -2.18. The Labute approximate surface area is 107 Å². The molecule has 0 atom stereocenters. The first kappa shape index (κ1) is 14.2. The van der Waals surface area contributed by atoms with Crippen LogP contribution in [-0.4, -0.2) is 32.5 Å². The normalized spacial score (nSPS) is 9.89. The molecule has 0 aliphatic rings. The summed E-state index contributed by atoms with van der Waals surface area (Å²) in [5.41, 5.74) is 1.28. The monoisotopic (exact) mass is 249 g/mol. The average molecular weight is 249 g/mol. The highest BCUT2D eigenvalue weighted by molar-refractivity contribution is 5.95. The minimum absolute atomic E-state index is 0.0158. The second kappa shape index (κ2) is 7.45. The Kier molecular flexibility index (Phi) is 5.87. The largest absolute Gasteiger partial charge is 0.355 e. The molecule has 0 fully saturated rings. The molecule has 5 nitrogen and oxygen atoms in total. The molecule has 0 unspecified atom stereocenters. The topological polar surface area (TPSA) is 70.2 Å². The zero-order valence-corrected chi connectivity index (χ0v) is 10.7. The van der Waals surface area contributed by atoms with Crippen molar-refractivity contribution in [1.82, 2.24) is 10.6 Å². The minimum atomic E-state index is -0.137. The molecule has 1 aromatic rings. The van der Waals surface area contributed by atoms with Gasteiger partial charge in [-0.05, 0) is 44.3 Å². The number of amides is 2. The number of carbonyl (C=O) groups excluding carboxylic acids is 2. The van der Waals surface area contributed by atoms with Gasteiger partial charge in [0.2, 0.25) is 5.91 Å². The lowest BCUT2D eigenvalue weighted by atomic mass is 10.2. The lowest BCUT2D eigenvalue weighted by molar-refractivity contribution is -0.116. The smallest absolute Gasteiger partial charge is 0.251 e. The first-order chi connectivity index (χ1) is 8.67. The van der Waals surface area contributed by atoms with E-state index in [0.717, 1.165) is 13.0 Å². The number of nitrogens with one attached hydrogen (secondary N) is 3. The van der Waals surface area contributed by atoms with Crippen molar-refractivity contribution >= 4 is 17.5 Å². The van der Waals surface area contributed by atoms with Gasteiger partial charge in [0.1, 0.15) is 0 Å². The van der Waals surface area contributed by atoms with Crippen LogP contribution >= 0.6 is 0 Å². The number of rotatable bonds is 6. The molecule has 5 heteroatoms. The highest BCUT2D eigenvalue weighted by atomic mass is 16.2. The van der Waals surface area contributed by atoms with Crippen LogP contribution in [0.25, 0.3) is 0 Å². The summed E-state index contributed by atoms with van der Waals surface area (Å²) in [4.78, 5) is 22.9. The molecular weight excluding hydrogens is 230 g/mol. The maximum absolute atomic E-state index is 11.5. The predicted octanol–water partition coefficient (Wildman–Crippen LogP) is 0.984. The fourth-order valence-corrected chi connectivity index (χ4v) is 1.50. The van der Waals surface area contributed by atoms with E-state index in [9.17, 15) is 9.59 Å². The molecule has 1 rings (SSSR count). The van der Waals surface area contributed by atoms with Crippen LogP contribution < -0.4 is 16.0 Å². The van der Waals surface area contributed by atoms with Gasteiger partial charge in [0.05, 0.1) is 0 Å². The van der Waals surface area contributed by atoms with Crippen LogP contribution in [0.5, 0.6) is 0 Å². The van der Waals surface area contributed by atoms with Crippen LogP contribution in [0.4, 0.5) is 5.69 Å². The van der Waals surface area contributed by atoms with Gasteiger partial charge in [-0.25, -0.2) is 0 Å². The van der Waals surface area contributed by atoms with E-state index in [1.54, 1.807) is 31.3 Å². The molecule has 0 aromatic heterocycles. The molecule has 0 saturated carbocycles. The van der Waals surface area contributed by atoms with E-state index in [-0.39, 0.29) is 11.8 Å². The van der Waals surface area contributed by atoms with E-state index >= 15 is 0 Å². The van der Waals surface area contributed by atoms with E-state index < -0.39 is 0 Å². The highest BCUT2D eigenvalue weighted by Crippen LogP contribution is 2.10. The third kappa shape index (κ3) is 4.55. The molecule has 1 aromatic carbocycles. The Morgan fingerprint density at radius 2 is 1.78 bits per heavy atom. The van der Waals surface area contributed by atoms with Crippen LogP contribution in [0.2, 0.25) is 0 Å². The molecule has 98 valence electrons. The SMILES string of the molecule is CNCCCC(=O)Nc1ccc(C(=O)NC)cc1. The van der Waals surface area contributed by atoms with Gasteiger partial charge in [-0.1, -0.05) is 0 Å². The number of benzene rings is 1. The van der Waals surface area contributed by atoms with E-state index in [1.807, 2.05) is 7.05 Å². The summed E-state index contributed by atoms with van der Waals surface area (Å²) in [5, 5.41) is 8.32. The van der Waals surface area contributed by atoms with E-state index in [0.29, 0.717) is 17.7 Å². The van der Waals surface area contributed by atoms with Crippen molar-refractivity contribution in [3.63, 3.8) is 0 Å². The number of anilines is 1. The second-order valence-corrected chi connectivity index (χ2v) is 3.91. The number of hydrogen-bond acceptors (Lipinski definition) is 3. The van der Waals surface area contributed by atoms with Crippen molar-refractivity contribution in [2.24, 2.45) is 0 Å². The van der Waals surface area contributed by atoms with Crippen LogP contribution in [0.1, 0.15) is 23.2 Å². The second-order valence-electron chi connectivity index (χ2n) is 3.91. The molecule has 3 N–H and O–H groups in total. The first-order valence-corrected chi connectivity index (χ1v) is 5.94. The van der Waals surface area contributed by atoms with Crippen molar-refractivity contribution in [3.05, 3.63) is 29.8 Å². The quantitative estimate of drug-likeness (QED) is 0.658. The van der Waals surface area contributed by atoms with Crippen molar-refractivity contribution in [1.29, 1.82) is 0 Å². The Morgan fingerprint density at radius 3 is 2.33 bits per heavy atom. The van der Waals surface area contributed by atoms with Crippen molar-refractivity contribution in [2.45, 2.75) is 12.8 Å². The summed E-state index contributed by atoms with van der Waals surface area (Å²) in [6.07, 6.45) is 1.29. The first-order valence-electron chi connectivity index (χ1n) is 5.94. The van der Waals surface area contributed by atoms with E-state index in [1.165, 1.54) is 0 Å². The third-order valence-corrected chi connectivity index (χ3v) is 2.49. The Morgan fingerprint density at radius 1 is 1.11 bits per heavy atom. The van der Waals surface area contributed by atoms with E-state index in [2.05, 4.69) is 16.0 Å². The Bertz CT molecular complexity index is 401. The molecule has 2 amide bonds. The lowest BCUT2D eigenvalue weighted by Gasteiger charge is -2.06. The molecule has 0 aliphatic heterocycles. The average Bonchev–Trinajstić information content (AvgIpc) is 2.39. The van der Waals surface area contributed by atoms with Gasteiger partial charge < -0.3 is 16.0 Å². The van der Waals surface area contributed by atoms with E-state index in [4.69, 9.17) is 0 Å². The summed E-state index contributed by atoms with van der Waals surface area (Å²) in [5.74, 6) is -0.153. The van der Waals surface area contributed by atoms with Crippen molar-refractivity contribution < 1.29 is 9.59 Å². The minimum Gasteiger partial charge on any atom is -0.355 e. The fourth-order valence-electron chi connectivity index (χ4n) is 1.50. The van der Waals surface area contributed by atoms with Gasteiger partial charge in [-0.3, -0.25) is 9.59 Å². The summed E-state index contributed by atoms with van der Waals surface area (Å²) >= 11 is 0. The molecule has 18 heavy (non-hydrogen) atoms. The zero-order chi connectivity index (χ0) is 13.4. The van der Waals surface area contributed by atoms with Gasteiger partial charge in [-0.2, -0.15) is 0 Å². The van der Waals surface area contributed by atoms with Crippen LogP contribution in [0.15, 0.2) is 24.3 Å².